The summed E-state index contributed by atoms with van der Waals surface area (Å²) in [6, 6.07) is 4.12. The zero-order valence-corrected chi connectivity index (χ0v) is 8.66. The molecule has 4 nitrogen and oxygen atoms in total. The zero-order valence-electron chi connectivity index (χ0n) is 8.66. The quantitative estimate of drug-likeness (QED) is 0.747. The number of nitrogens with two attached hydrogens (primary N) is 1. The lowest BCUT2D eigenvalue weighted by atomic mass is 10.2. The Kier molecular flexibility index (Phi) is 4.19. The first-order chi connectivity index (χ1) is 6.74. The van der Waals surface area contributed by atoms with Gasteiger partial charge in [-0.25, -0.2) is 4.98 Å². The van der Waals surface area contributed by atoms with Crippen molar-refractivity contribution in [2.75, 3.05) is 24.8 Å². The molecule has 1 aromatic heterocycles. The zero-order chi connectivity index (χ0) is 10.4. The summed E-state index contributed by atoms with van der Waals surface area (Å²) in [5, 5.41) is 3.28. The molecule has 0 aromatic carbocycles. The number of methoxy groups -OCH3 is 1. The summed E-state index contributed by atoms with van der Waals surface area (Å²) in [4.78, 5) is 4.00. The number of aromatic nitrogens is 1. The van der Waals surface area contributed by atoms with Crippen LogP contribution in [0.25, 0.3) is 0 Å². The van der Waals surface area contributed by atoms with Gasteiger partial charge in [-0.15, -0.1) is 0 Å². The van der Waals surface area contributed by atoms with Crippen LogP contribution in [0.5, 0.6) is 0 Å². The molecule has 0 fully saturated rings. The molecule has 78 valence electrons. The van der Waals surface area contributed by atoms with Crippen molar-refractivity contribution in [3.05, 3.63) is 18.3 Å². The van der Waals surface area contributed by atoms with Gasteiger partial charge in [0.2, 0.25) is 0 Å². The predicted octanol–water partition coefficient (Wildman–Crippen LogP) is 1.50. The first-order valence-corrected chi connectivity index (χ1v) is 4.70. The number of hydrogen-bond donors (Lipinski definition) is 2. The van der Waals surface area contributed by atoms with Crippen LogP contribution in [0.2, 0.25) is 0 Å². The lowest BCUT2D eigenvalue weighted by Gasteiger charge is -2.15. The van der Waals surface area contributed by atoms with Crippen LogP contribution in [0, 0.1) is 0 Å². The van der Waals surface area contributed by atoms with Crippen molar-refractivity contribution in [1.82, 2.24) is 4.98 Å². The van der Waals surface area contributed by atoms with Gasteiger partial charge >= 0.3 is 0 Å². The van der Waals surface area contributed by atoms with E-state index in [4.69, 9.17) is 10.5 Å². The van der Waals surface area contributed by atoms with Gasteiger partial charge in [0.15, 0.2) is 0 Å². The minimum Gasteiger partial charge on any atom is -0.385 e. The minimum atomic E-state index is 0.335. The lowest BCUT2D eigenvalue weighted by molar-refractivity contribution is 0.191. The molecule has 0 bridgehead atoms. The van der Waals surface area contributed by atoms with Gasteiger partial charge in [-0.3, -0.25) is 0 Å². The topological polar surface area (TPSA) is 60.2 Å². The van der Waals surface area contributed by atoms with Gasteiger partial charge in [0.1, 0.15) is 5.82 Å². The van der Waals surface area contributed by atoms with Crippen molar-refractivity contribution < 1.29 is 4.74 Å². The Bertz CT molecular complexity index is 278. The first-order valence-electron chi connectivity index (χ1n) is 4.70. The molecular formula is C10H17N3O. The van der Waals surface area contributed by atoms with Crippen LogP contribution >= 0.6 is 0 Å². The van der Waals surface area contributed by atoms with Crippen molar-refractivity contribution in [1.29, 1.82) is 0 Å². The molecule has 1 rings (SSSR count). The summed E-state index contributed by atoms with van der Waals surface area (Å²) in [6.07, 6.45) is 2.63. The normalized spacial score (nSPS) is 12.4. The number of nitrogens with one attached hydrogen (secondary N) is 1. The van der Waals surface area contributed by atoms with Crippen LogP contribution in [-0.4, -0.2) is 24.7 Å². The highest BCUT2D eigenvalue weighted by Gasteiger charge is 2.03. The fraction of sp³-hybridized carbons (Fsp3) is 0.500. The third kappa shape index (κ3) is 3.22. The van der Waals surface area contributed by atoms with E-state index in [9.17, 15) is 0 Å². The third-order valence-corrected chi connectivity index (χ3v) is 2.00. The minimum absolute atomic E-state index is 0.335. The van der Waals surface area contributed by atoms with Crippen molar-refractivity contribution in [2.45, 2.75) is 19.4 Å². The van der Waals surface area contributed by atoms with Crippen molar-refractivity contribution in [3.63, 3.8) is 0 Å². The number of nitrogens with zero attached hydrogens (tertiary/aromatic N) is 1. The van der Waals surface area contributed by atoms with Crippen LogP contribution in [0.4, 0.5) is 11.5 Å². The Morgan fingerprint density at radius 2 is 2.43 bits per heavy atom. The molecule has 1 heterocycles. The Morgan fingerprint density at radius 3 is 3.07 bits per heavy atom. The number of hydrogen-bond acceptors (Lipinski definition) is 4. The summed E-state index contributed by atoms with van der Waals surface area (Å²) < 4.78 is 4.99. The second-order valence-electron chi connectivity index (χ2n) is 3.26. The standard InChI is InChI=1S/C10H17N3O/c1-8(5-7-14-2)13-9-4-3-6-12-10(9)11/h3-4,6,8,13H,5,7H2,1-2H3,(H2,11,12). The molecule has 0 saturated carbocycles. The largest absolute Gasteiger partial charge is 0.385 e. The fourth-order valence-electron chi connectivity index (χ4n) is 1.17. The number of anilines is 2. The summed E-state index contributed by atoms with van der Waals surface area (Å²) >= 11 is 0. The van der Waals surface area contributed by atoms with Crippen LogP contribution in [0.1, 0.15) is 13.3 Å². The Labute approximate surface area is 84.5 Å². The Morgan fingerprint density at radius 1 is 1.64 bits per heavy atom. The highest BCUT2D eigenvalue weighted by Crippen LogP contribution is 2.15. The maximum Gasteiger partial charge on any atom is 0.146 e. The molecule has 4 heteroatoms. The second kappa shape index (κ2) is 5.44. The average molecular weight is 195 g/mol. The highest BCUT2D eigenvalue weighted by molar-refractivity contribution is 5.61. The van der Waals surface area contributed by atoms with Crippen LogP contribution in [0.3, 0.4) is 0 Å². The second-order valence-corrected chi connectivity index (χ2v) is 3.26. The molecule has 0 saturated heterocycles. The number of rotatable bonds is 5. The Balaban J connectivity index is 2.47. The summed E-state index contributed by atoms with van der Waals surface area (Å²) in [6.45, 7) is 2.83. The molecule has 0 aliphatic heterocycles. The van der Waals surface area contributed by atoms with E-state index < -0.39 is 0 Å². The van der Waals surface area contributed by atoms with Gasteiger partial charge in [-0.1, -0.05) is 0 Å². The molecule has 0 spiro atoms. The molecule has 0 aliphatic rings. The van der Waals surface area contributed by atoms with Gasteiger partial charge < -0.3 is 15.8 Å². The van der Waals surface area contributed by atoms with Crippen molar-refractivity contribution in [3.8, 4) is 0 Å². The van der Waals surface area contributed by atoms with E-state index in [0.717, 1.165) is 18.7 Å². The molecule has 1 aromatic rings. The average Bonchev–Trinajstić information content (AvgIpc) is 2.18. The molecule has 3 N–H and O–H groups in total. The predicted molar refractivity (Wildman–Crippen MR) is 58.2 cm³/mol. The van der Waals surface area contributed by atoms with E-state index >= 15 is 0 Å². The number of pyridine rings is 1. The molecule has 1 unspecified atom stereocenters. The van der Waals surface area contributed by atoms with Crippen LogP contribution < -0.4 is 11.1 Å². The van der Waals surface area contributed by atoms with Crippen LogP contribution in [-0.2, 0) is 4.74 Å². The summed E-state index contributed by atoms with van der Waals surface area (Å²) in [5.41, 5.74) is 6.58. The molecule has 1 atom stereocenters. The SMILES string of the molecule is COCCC(C)Nc1cccnc1N. The Hall–Kier alpha value is -1.29. The third-order valence-electron chi connectivity index (χ3n) is 2.00. The van der Waals surface area contributed by atoms with Gasteiger partial charge in [0.05, 0.1) is 5.69 Å². The van der Waals surface area contributed by atoms with E-state index in [1.807, 2.05) is 12.1 Å². The highest BCUT2D eigenvalue weighted by atomic mass is 16.5. The van der Waals surface area contributed by atoms with E-state index in [1.165, 1.54) is 0 Å². The molecule has 14 heavy (non-hydrogen) atoms. The lowest BCUT2D eigenvalue weighted by Crippen LogP contribution is -2.18. The van der Waals surface area contributed by atoms with Gasteiger partial charge in [0, 0.05) is 26.0 Å². The first kappa shape index (κ1) is 10.8. The maximum atomic E-state index is 5.69. The summed E-state index contributed by atoms with van der Waals surface area (Å²) in [7, 11) is 1.70. The molecule has 0 amide bonds. The van der Waals surface area contributed by atoms with E-state index in [-0.39, 0.29) is 0 Å². The van der Waals surface area contributed by atoms with E-state index in [0.29, 0.717) is 11.9 Å². The van der Waals surface area contributed by atoms with E-state index in [1.54, 1.807) is 13.3 Å². The monoisotopic (exact) mass is 195 g/mol. The maximum absolute atomic E-state index is 5.69. The van der Waals surface area contributed by atoms with Gasteiger partial charge in [-0.2, -0.15) is 0 Å². The smallest absolute Gasteiger partial charge is 0.146 e. The fourth-order valence-corrected chi connectivity index (χ4v) is 1.17. The van der Waals surface area contributed by atoms with Gasteiger partial charge in [-0.05, 0) is 25.5 Å². The number of nitrogen functional groups attached to an aromatic ring is 1. The molecule has 0 aliphatic carbocycles. The van der Waals surface area contributed by atoms with Gasteiger partial charge in [0.25, 0.3) is 0 Å². The van der Waals surface area contributed by atoms with Crippen molar-refractivity contribution >= 4 is 11.5 Å². The van der Waals surface area contributed by atoms with Crippen LogP contribution in [0.15, 0.2) is 18.3 Å². The summed E-state index contributed by atoms with van der Waals surface area (Å²) in [5.74, 6) is 0.539. The molecular weight excluding hydrogens is 178 g/mol. The van der Waals surface area contributed by atoms with Crippen molar-refractivity contribution in [2.24, 2.45) is 0 Å². The van der Waals surface area contributed by atoms with E-state index in [2.05, 4.69) is 17.2 Å². The number of ether oxygens (including phenoxy) is 1. The molecule has 0 radical (unpaired) electrons.